The summed E-state index contributed by atoms with van der Waals surface area (Å²) in [7, 11) is -3.28. The Hall–Kier alpha value is -2.99. The molecule has 1 unspecified atom stereocenters. The van der Waals surface area contributed by atoms with Gasteiger partial charge < -0.3 is 9.64 Å². The molecular weight excluding hydrogens is 542 g/mol. The zero-order valence-electron chi connectivity index (χ0n) is 20.0. The molecular formula is C24H23Cl2FN6O3S. The summed E-state index contributed by atoms with van der Waals surface area (Å²) in [4.78, 5) is 10.1. The maximum absolute atomic E-state index is 15.1. The van der Waals surface area contributed by atoms with Gasteiger partial charge >= 0.3 is 0 Å². The Labute approximate surface area is 223 Å². The minimum atomic E-state index is -3.28. The van der Waals surface area contributed by atoms with Crippen LogP contribution >= 0.6 is 23.2 Å². The highest BCUT2D eigenvalue weighted by Crippen LogP contribution is 2.35. The minimum Gasteiger partial charge on any atom is -0.486 e. The fraction of sp³-hybridized carbons (Fsp3) is 0.292. The van der Waals surface area contributed by atoms with E-state index in [1.807, 2.05) is 19.1 Å². The molecule has 1 fully saturated rings. The Morgan fingerprint density at radius 2 is 1.78 bits per heavy atom. The fourth-order valence-electron chi connectivity index (χ4n) is 4.38. The molecule has 9 nitrogen and oxygen atoms in total. The molecule has 1 saturated heterocycles. The summed E-state index contributed by atoms with van der Waals surface area (Å²) in [6, 6.07) is 6.81. The van der Waals surface area contributed by atoms with Crippen LogP contribution in [0, 0.1) is 5.82 Å². The standard InChI is InChI=1S/C24H23Cl2FN6O3S/c1-14(22-18(25)12-28-13-19(22)26)36-16-3-4-21-17(10-16)23(31-30-21)15-9-20(27)24(29-11-15)32-5-7-33(8-6-32)37(2,34)35/h3-4,9-14H,5-8H2,1-2H3,(H,30,31). The lowest BCUT2D eigenvalue weighted by atomic mass is 10.1. The Morgan fingerprint density at radius 3 is 2.43 bits per heavy atom. The number of pyridine rings is 2. The Bertz CT molecular complexity index is 1550. The lowest BCUT2D eigenvalue weighted by Gasteiger charge is -2.34. The Kier molecular flexibility index (Phi) is 6.97. The van der Waals surface area contributed by atoms with E-state index in [0.717, 1.165) is 10.9 Å². The number of halogens is 3. The smallest absolute Gasteiger partial charge is 0.211 e. The maximum Gasteiger partial charge on any atom is 0.211 e. The number of nitrogens with zero attached hydrogens (tertiary/aromatic N) is 5. The van der Waals surface area contributed by atoms with Crippen molar-refractivity contribution in [2.75, 3.05) is 37.3 Å². The number of aromatic amines is 1. The van der Waals surface area contributed by atoms with Crippen LogP contribution < -0.4 is 9.64 Å². The molecule has 1 aliphatic rings. The number of aromatic nitrogens is 4. The van der Waals surface area contributed by atoms with Crippen LogP contribution in [0.15, 0.2) is 42.9 Å². The first-order chi connectivity index (χ1) is 17.6. The zero-order valence-corrected chi connectivity index (χ0v) is 22.3. The molecule has 194 valence electrons. The van der Waals surface area contributed by atoms with Gasteiger partial charge in [-0.05, 0) is 31.2 Å². The van der Waals surface area contributed by atoms with Gasteiger partial charge in [0.05, 0.1) is 21.8 Å². The van der Waals surface area contributed by atoms with Crippen molar-refractivity contribution in [3.8, 4) is 17.0 Å². The van der Waals surface area contributed by atoms with Gasteiger partial charge in [-0.1, -0.05) is 23.2 Å². The average molecular weight is 565 g/mol. The number of nitrogens with one attached hydrogen (secondary N) is 1. The Morgan fingerprint density at radius 1 is 1.08 bits per heavy atom. The predicted octanol–water partition coefficient (Wildman–Crippen LogP) is 4.69. The second kappa shape index (κ2) is 10.1. The molecule has 5 rings (SSSR count). The van der Waals surface area contributed by atoms with Crippen molar-refractivity contribution in [1.82, 2.24) is 24.5 Å². The zero-order chi connectivity index (χ0) is 26.3. The monoisotopic (exact) mass is 564 g/mol. The first-order valence-electron chi connectivity index (χ1n) is 11.4. The van der Waals surface area contributed by atoms with Crippen LogP contribution in [-0.2, 0) is 10.0 Å². The van der Waals surface area contributed by atoms with Gasteiger partial charge in [0.1, 0.15) is 17.5 Å². The second-order valence-electron chi connectivity index (χ2n) is 8.74. The Balaban J connectivity index is 1.39. The van der Waals surface area contributed by atoms with E-state index in [1.165, 1.54) is 29.0 Å². The summed E-state index contributed by atoms with van der Waals surface area (Å²) in [5, 5.41) is 8.87. The van der Waals surface area contributed by atoms with Gasteiger partial charge in [0, 0.05) is 61.3 Å². The topological polar surface area (TPSA) is 104 Å². The van der Waals surface area contributed by atoms with E-state index in [4.69, 9.17) is 27.9 Å². The van der Waals surface area contributed by atoms with Crippen LogP contribution in [0.2, 0.25) is 10.0 Å². The number of hydrogen-bond acceptors (Lipinski definition) is 7. The van der Waals surface area contributed by atoms with Crippen LogP contribution in [-0.4, -0.2) is 65.3 Å². The molecule has 1 aliphatic heterocycles. The van der Waals surface area contributed by atoms with Crippen LogP contribution in [0.25, 0.3) is 22.2 Å². The highest BCUT2D eigenvalue weighted by Gasteiger charge is 2.26. The van der Waals surface area contributed by atoms with E-state index in [2.05, 4.69) is 20.2 Å². The van der Waals surface area contributed by atoms with Crippen molar-refractivity contribution in [3.05, 3.63) is 64.3 Å². The number of fused-ring (bicyclic) bond motifs is 1. The molecule has 0 amide bonds. The van der Waals surface area contributed by atoms with Crippen molar-refractivity contribution in [3.63, 3.8) is 0 Å². The molecule has 13 heteroatoms. The average Bonchev–Trinajstić information content (AvgIpc) is 3.27. The molecule has 1 atom stereocenters. The van der Waals surface area contributed by atoms with E-state index < -0.39 is 21.9 Å². The maximum atomic E-state index is 15.1. The van der Waals surface area contributed by atoms with Crippen LogP contribution in [0.1, 0.15) is 18.6 Å². The lowest BCUT2D eigenvalue weighted by molar-refractivity contribution is 0.227. The molecule has 4 aromatic rings. The number of hydrogen-bond donors (Lipinski definition) is 1. The normalized spacial score (nSPS) is 15.8. The van der Waals surface area contributed by atoms with Crippen molar-refractivity contribution >= 4 is 49.9 Å². The van der Waals surface area contributed by atoms with E-state index in [-0.39, 0.29) is 18.9 Å². The van der Waals surface area contributed by atoms with Gasteiger partial charge in [-0.2, -0.15) is 9.40 Å². The molecule has 1 N–H and O–H groups in total. The second-order valence-corrected chi connectivity index (χ2v) is 11.5. The van der Waals surface area contributed by atoms with Gasteiger partial charge in [0.25, 0.3) is 0 Å². The summed E-state index contributed by atoms with van der Waals surface area (Å²) in [5.74, 6) is 0.227. The first kappa shape index (κ1) is 25.7. The van der Waals surface area contributed by atoms with E-state index in [1.54, 1.807) is 17.2 Å². The van der Waals surface area contributed by atoms with Crippen LogP contribution in [0.4, 0.5) is 10.2 Å². The number of rotatable bonds is 6. The molecule has 0 spiro atoms. The minimum absolute atomic E-state index is 0.181. The third-order valence-electron chi connectivity index (χ3n) is 6.25. The largest absolute Gasteiger partial charge is 0.486 e. The van der Waals surface area contributed by atoms with Crippen LogP contribution in [0.3, 0.4) is 0 Å². The highest BCUT2D eigenvalue weighted by molar-refractivity contribution is 7.88. The summed E-state index contributed by atoms with van der Waals surface area (Å²) in [6.07, 6.45) is 5.31. The van der Waals surface area contributed by atoms with Crippen molar-refractivity contribution < 1.29 is 17.5 Å². The fourth-order valence-corrected chi connectivity index (χ4v) is 5.88. The molecule has 0 radical (unpaired) electrons. The summed E-state index contributed by atoms with van der Waals surface area (Å²) in [5.41, 5.74) is 2.39. The molecule has 37 heavy (non-hydrogen) atoms. The number of benzene rings is 1. The highest BCUT2D eigenvalue weighted by atomic mass is 35.5. The quantitative estimate of drug-likeness (QED) is 0.362. The van der Waals surface area contributed by atoms with Gasteiger partial charge in [-0.25, -0.2) is 17.8 Å². The molecule has 1 aromatic carbocycles. The van der Waals surface area contributed by atoms with E-state index in [0.29, 0.717) is 45.7 Å². The molecule has 4 heterocycles. The van der Waals surface area contributed by atoms with Gasteiger partial charge in [0.15, 0.2) is 11.6 Å². The number of anilines is 1. The molecule has 0 aliphatic carbocycles. The summed E-state index contributed by atoms with van der Waals surface area (Å²) in [6.45, 7) is 3.10. The lowest BCUT2D eigenvalue weighted by Crippen LogP contribution is -2.48. The van der Waals surface area contributed by atoms with Crippen molar-refractivity contribution in [1.29, 1.82) is 0 Å². The SMILES string of the molecule is CC(Oc1ccc2[nH]nc(-c3cnc(N4CCN(S(C)(=O)=O)CC4)c(F)c3)c2c1)c1c(Cl)cncc1Cl. The van der Waals surface area contributed by atoms with Crippen molar-refractivity contribution in [2.24, 2.45) is 0 Å². The van der Waals surface area contributed by atoms with E-state index >= 15 is 4.39 Å². The summed E-state index contributed by atoms with van der Waals surface area (Å²) >= 11 is 12.5. The number of sulfonamides is 1. The van der Waals surface area contributed by atoms with E-state index in [9.17, 15) is 8.42 Å². The van der Waals surface area contributed by atoms with Crippen LogP contribution in [0.5, 0.6) is 5.75 Å². The van der Waals surface area contributed by atoms with Gasteiger partial charge in [-0.15, -0.1) is 0 Å². The van der Waals surface area contributed by atoms with Crippen molar-refractivity contribution in [2.45, 2.75) is 13.0 Å². The third kappa shape index (κ3) is 5.22. The third-order valence-corrected chi connectivity index (χ3v) is 8.15. The predicted molar refractivity (Wildman–Crippen MR) is 141 cm³/mol. The molecule has 0 saturated carbocycles. The number of H-pyrrole nitrogens is 1. The number of ether oxygens (including phenoxy) is 1. The van der Waals surface area contributed by atoms with Gasteiger partial charge in [-0.3, -0.25) is 10.1 Å². The first-order valence-corrected chi connectivity index (χ1v) is 14.0. The number of piperazine rings is 1. The molecule has 3 aromatic heterocycles. The van der Waals surface area contributed by atoms with Gasteiger partial charge in [0.2, 0.25) is 10.0 Å². The molecule has 0 bridgehead atoms. The summed E-state index contributed by atoms with van der Waals surface area (Å²) < 4.78 is 46.1.